The molecule has 308 valence electrons. The molecule has 0 bridgehead atoms. The topological polar surface area (TPSA) is 110 Å². The minimum atomic E-state index is -4.46. The predicted molar refractivity (Wildman–Crippen MR) is 214 cm³/mol. The van der Waals surface area contributed by atoms with Gasteiger partial charge in [0.25, 0.3) is 5.91 Å². The lowest BCUT2D eigenvalue weighted by Gasteiger charge is -2.21. The molecule has 4 N–H and O–H groups in total. The van der Waals surface area contributed by atoms with Crippen molar-refractivity contribution in [1.29, 1.82) is 0 Å². The van der Waals surface area contributed by atoms with Crippen LogP contribution in [0.2, 0.25) is 0 Å². The summed E-state index contributed by atoms with van der Waals surface area (Å²) >= 11 is 0. The number of aliphatic hydroxyl groups is 2. The molecule has 0 saturated carbocycles. The maximum Gasteiger partial charge on any atom is 0.417 e. The molecule has 0 aliphatic rings. The fraction of sp³-hybridized carbons (Fsp3) is 0.174. The number of hydrogen-bond donors (Lipinski definition) is 4. The number of amides is 1. The minimum Gasteiger partial charge on any atom is -0.478 e. The number of halogens is 6. The highest BCUT2D eigenvalue weighted by molar-refractivity contribution is 5.94. The zero-order chi connectivity index (χ0) is 43.2. The second-order valence-corrected chi connectivity index (χ2v) is 13.1. The highest BCUT2D eigenvalue weighted by Crippen LogP contribution is 2.38. The maximum absolute atomic E-state index is 13.2. The number of carboxylic acids is 1. The number of carbonyl (C=O) groups is 2. The maximum atomic E-state index is 13.2. The molecule has 0 saturated heterocycles. The Morgan fingerprint density at radius 1 is 0.559 bits per heavy atom. The number of hydrogen-bond acceptors (Lipinski definition) is 5. The molecular weight excluding hydrogens is 775 g/mol. The standard InChI is InChI=1S/C23H20F3NO2.C14H9F3O2.C9H13NO/c1-27(15-21(28)17-7-3-2-4-8-17)22(29)18-13-11-16(12-14-18)19-9-5-6-10-20(19)23(24,25)26;15-14(16,17)12-4-2-1-3-11(12)9-5-7-10(8-6-9)13(18)19;1-10-7-9(11)8-5-3-2-4-6-8/h2-14,21,28H,15H2,1H3;1-8H,(H,18,19);2-6,9-11H,7H2,1H3. The number of aromatic carboxylic acids is 1. The van der Waals surface area contributed by atoms with Crippen molar-refractivity contribution in [2.24, 2.45) is 0 Å². The Kier molecular flexibility index (Phi) is 16.1. The van der Waals surface area contributed by atoms with Gasteiger partial charge in [-0.1, -0.05) is 121 Å². The lowest BCUT2D eigenvalue weighted by Crippen LogP contribution is -2.31. The quantitative estimate of drug-likeness (QED) is 0.103. The van der Waals surface area contributed by atoms with Gasteiger partial charge < -0.3 is 25.5 Å². The first-order valence-electron chi connectivity index (χ1n) is 18.1. The fourth-order valence-corrected chi connectivity index (χ4v) is 5.88. The van der Waals surface area contributed by atoms with E-state index in [9.17, 15) is 46.1 Å². The summed E-state index contributed by atoms with van der Waals surface area (Å²) in [5.41, 5.74) is 1.38. The molecule has 0 aliphatic heterocycles. The largest absolute Gasteiger partial charge is 0.478 e. The summed E-state index contributed by atoms with van der Waals surface area (Å²) < 4.78 is 78.2. The summed E-state index contributed by atoms with van der Waals surface area (Å²) in [4.78, 5) is 24.7. The molecule has 13 heteroatoms. The van der Waals surface area contributed by atoms with E-state index in [1.807, 2.05) is 43.4 Å². The minimum absolute atomic E-state index is 0.0342. The van der Waals surface area contributed by atoms with Crippen LogP contribution >= 0.6 is 0 Å². The normalized spacial score (nSPS) is 12.2. The van der Waals surface area contributed by atoms with Gasteiger partial charge in [0.2, 0.25) is 0 Å². The summed E-state index contributed by atoms with van der Waals surface area (Å²) in [5, 5.41) is 31.4. The third-order valence-corrected chi connectivity index (χ3v) is 8.91. The first-order chi connectivity index (χ1) is 28.0. The number of likely N-dealkylation sites (N-methyl/N-ethyl adjacent to an activating group) is 2. The molecule has 0 aromatic heterocycles. The third kappa shape index (κ3) is 13.1. The average Bonchev–Trinajstić information content (AvgIpc) is 3.24. The molecular formula is C46H42F6N2O5. The van der Waals surface area contributed by atoms with Crippen LogP contribution in [-0.4, -0.2) is 59.3 Å². The number of carbonyl (C=O) groups excluding carboxylic acids is 1. The number of rotatable bonds is 10. The molecule has 6 aromatic rings. The fourth-order valence-electron chi connectivity index (χ4n) is 5.88. The van der Waals surface area contributed by atoms with Crippen molar-refractivity contribution in [2.75, 3.05) is 27.2 Å². The summed E-state index contributed by atoms with van der Waals surface area (Å²) in [6, 6.07) is 40.4. The van der Waals surface area contributed by atoms with Gasteiger partial charge in [-0.3, -0.25) is 4.79 Å². The van der Waals surface area contributed by atoms with Crippen LogP contribution in [0.1, 0.15) is 55.2 Å². The van der Waals surface area contributed by atoms with Crippen molar-refractivity contribution >= 4 is 11.9 Å². The van der Waals surface area contributed by atoms with Crippen LogP contribution in [0.4, 0.5) is 26.3 Å². The van der Waals surface area contributed by atoms with Crippen LogP contribution in [0.15, 0.2) is 158 Å². The van der Waals surface area contributed by atoms with E-state index < -0.39 is 35.6 Å². The van der Waals surface area contributed by atoms with E-state index in [4.69, 9.17) is 5.11 Å². The number of benzene rings is 6. The van der Waals surface area contributed by atoms with Crippen LogP contribution in [0.3, 0.4) is 0 Å². The molecule has 6 rings (SSSR count). The van der Waals surface area contributed by atoms with Crippen LogP contribution in [0.25, 0.3) is 22.3 Å². The van der Waals surface area contributed by atoms with E-state index in [-0.39, 0.29) is 35.2 Å². The third-order valence-electron chi connectivity index (χ3n) is 8.91. The highest BCUT2D eigenvalue weighted by atomic mass is 19.4. The van der Waals surface area contributed by atoms with Crippen molar-refractivity contribution in [1.82, 2.24) is 10.2 Å². The van der Waals surface area contributed by atoms with E-state index >= 15 is 0 Å². The lowest BCUT2D eigenvalue weighted by atomic mass is 9.98. The Balaban J connectivity index is 0.000000219. The molecule has 6 aromatic carbocycles. The number of nitrogens with zero attached hydrogens (tertiary/aromatic N) is 1. The first kappa shape index (κ1) is 45.4. The monoisotopic (exact) mass is 816 g/mol. The molecule has 0 heterocycles. The number of alkyl halides is 6. The molecule has 0 aliphatic carbocycles. The van der Waals surface area contributed by atoms with Crippen molar-refractivity contribution in [3.63, 3.8) is 0 Å². The Hall–Kier alpha value is -6.28. The smallest absolute Gasteiger partial charge is 0.417 e. The van der Waals surface area contributed by atoms with Crippen LogP contribution in [-0.2, 0) is 12.4 Å². The Bertz CT molecular complexity index is 2230. The molecule has 0 fully saturated rings. The molecule has 2 unspecified atom stereocenters. The summed E-state index contributed by atoms with van der Waals surface area (Å²) in [6.45, 7) is 0.700. The Morgan fingerprint density at radius 3 is 1.32 bits per heavy atom. The van der Waals surface area contributed by atoms with Gasteiger partial charge in [0.05, 0.1) is 35.4 Å². The molecule has 1 amide bonds. The second kappa shape index (κ2) is 20.9. The second-order valence-electron chi connectivity index (χ2n) is 13.1. The van der Waals surface area contributed by atoms with Gasteiger partial charge in [0.1, 0.15) is 0 Å². The Morgan fingerprint density at radius 2 is 0.932 bits per heavy atom. The lowest BCUT2D eigenvalue weighted by molar-refractivity contribution is -0.137. The van der Waals surface area contributed by atoms with E-state index in [2.05, 4.69) is 5.32 Å². The van der Waals surface area contributed by atoms with E-state index in [0.29, 0.717) is 28.8 Å². The van der Waals surface area contributed by atoms with Gasteiger partial charge >= 0.3 is 18.3 Å². The van der Waals surface area contributed by atoms with Crippen molar-refractivity contribution < 1.29 is 51.3 Å². The highest BCUT2D eigenvalue weighted by Gasteiger charge is 2.34. The summed E-state index contributed by atoms with van der Waals surface area (Å²) in [7, 11) is 3.40. The van der Waals surface area contributed by atoms with Gasteiger partial charge in [-0.15, -0.1) is 0 Å². The van der Waals surface area contributed by atoms with Crippen LogP contribution in [0.5, 0.6) is 0 Å². The summed E-state index contributed by atoms with van der Waals surface area (Å²) in [6.07, 6.45) is -10.1. The van der Waals surface area contributed by atoms with Gasteiger partial charge in [-0.25, -0.2) is 4.79 Å². The van der Waals surface area contributed by atoms with Gasteiger partial charge in [0, 0.05) is 19.2 Å². The van der Waals surface area contributed by atoms with E-state index in [0.717, 1.165) is 17.7 Å². The van der Waals surface area contributed by atoms with Crippen LogP contribution < -0.4 is 5.32 Å². The first-order valence-corrected chi connectivity index (χ1v) is 18.1. The molecule has 59 heavy (non-hydrogen) atoms. The van der Waals surface area contributed by atoms with E-state index in [1.54, 1.807) is 37.4 Å². The predicted octanol–water partition coefficient (Wildman–Crippen LogP) is 10.2. The molecule has 2 atom stereocenters. The van der Waals surface area contributed by atoms with Gasteiger partial charge in [-0.2, -0.15) is 26.3 Å². The van der Waals surface area contributed by atoms with Gasteiger partial charge in [0.15, 0.2) is 0 Å². The SMILES string of the molecule is CN(CC(O)c1ccccc1)C(=O)c1ccc(-c2ccccc2C(F)(F)F)cc1.CNCC(O)c1ccccc1.O=C(O)c1ccc(-c2ccccc2C(F)(F)F)cc1. The van der Waals surface area contributed by atoms with Crippen LogP contribution in [0, 0.1) is 0 Å². The Labute approximate surface area is 337 Å². The zero-order valence-electron chi connectivity index (χ0n) is 32.0. The van der Waals surface area contributed by atoms with Gasteiger partial charge in [-0.05, 0) is 76.8 Å². The molecule has 0 spiro atoms. The van der Waals surface area contributed by atoms with E-state index in [1.165, 1.54) is 83.8 Å². The number of nitrogens with one attached hydrogen (secondary N) is 1. The molecule has 0 radical (unpaired) electrons. The van der Waals surface area contributed by atoms with Crippen molar-refractivity contribution in [3.8, 4) is 22.3 Å². The number of aliphatic hydroxyl groups excluding tert-OH is 2. The zero-order valence-corrected chi connectivity index (χ0v) is 32.0. The summed E-state index contributed by atoms with van der Waals surface area (Å²) in [5.74, 6) is -1.44. The molecule has 7 nitrogen and oxygen atoms in total. The van der Waals surface area contributed by atoms with Crippen molar-refractivity contribution in [3.05, 3.63) is 191 Å². The average molecular weight is 817 g/mol. The number of carboxylic acid groups (broad SMARTS) is 1. The van der Waals surface area contributed by atoms with Crippen molar-refractivity contribution in [2.45, 2.75) is 24.6 Å².